The van der Waals surface area contributed by atoms with Crippen LogP contribution in [-0.4, -0.2) is 41.8 Å². The minimum Gasteiger partial charge on any atom is -0.425 e. The van der Waals surface area contributed by atoms with Gasteiger partial charge in [0.1, 0.15) is 5.82 Å². The van der Waals surface area contributed by atoms with Gasteiger partial charge < -0.3 is 19.7 Å². The summed E-state index contributed by atoms with van der Waals surface area (Å²) in [6.45, 7) is 1.72. The number of carbonyl (C=O) groups is 2. The maximum absolute atomic E-state index is 13.8. The van der Waals surface area contributed by atoms with Crippen molar-refractivity contribution in [2.75, 3.05) is 6.54 Å². The van der Waals surface area contributed by atoms with E-state index in [4.69, 9.17) is 9.47 Å². The molecule has 1 aromatic rings. The topological polar surface area (TPSA) is 67.9 Å². The number of likely N-dealkylation sites (tertiary alicyclic amines) is 1. The zero-order valence-corrected chi connectivity index (χ0v) is 14.4. The third kappa shape index (κ3) is 4.32. The summed E-state index contributed by atoms with van der Waals surface area (Å²) >= 11 is 0. The Morgan fingerprint density at radius 2 is 2.11 bits per heavy atom. The van der Waals surface area contributed by atoms with Gasteiger partial charge in [-0.2, -0.15) is 13.2 Å². The number of hydrogen-bond donors (Lipinski definition) is 1. The highest BCUT2D eigenvalue weighted by Gasteiger charge is 2.42. The Morgan fingerprint density at radius 1 is 1.37 bits per heavy atom. The molecule has 0 saturated carbocycles. The number of halogens is 4. The van der Waals surface area contributed by atoms with E-state index in [0.717, 1.165) is 12.1 Å². The van der Waals surface area contributed by atoms with Crippen LogP contribution in [0.2, 0.25) is 0 Å². The lowest BCUT2D eigenvalue weighted by molar-refractivity contribution is -0.137. The zero-order valence-electron chi connectivity index (χ0n) is 14.4. The molecule has 0 bridgehead atoms. The monoisotopic (exact) mass is 390 g/mol. The summed E-state index contributed by atoms with van der Waals surface area (Å²) in [6, 6.07) is 1.93. The van der Waals surface area contributed by atoms with Gasteiger partial charge in [0, 0.05) is 18.4 Å². The van der Waals surface area contributed by atoms with Gasteiger partial charge in [-0.15, -0.1) is 0 Å². The largest absolute Gasteiger partial charge is 0.425 e. The smallest absolute Gasteiger partial charge is 0.416 e. The molecular formula is C17H18F4N2O4. The van der Waals surface area contributed by atoms with Gasteiger partial charge in [0.15, 0.2) is 6.23 Å². The van der Waals surface area contributed by atoms with Crippen LogP contribution in [0.1, 0.15) is 30.9 Å². The average molecular weight is 390 g/mol. The normalized spacial score (nSPS) is 25.1. The number of ether oxygens (including phenoxy) is 2. The Balaban J connectivity index is 1.48. The highest BCUT2D eigenvalue weighted by molar-refractivity contribution is 5.79. The second kappa shape index (κ2) is 7.34. The number of amides is 2. The van der Waals surface area contributed by atoms with E-state index >= 15 is 0 Å². The first kappa shape index (κ1) is 19.4. The van der Waals surface area contributed by atoms with Crippen LogP contribution in [-0.2, 0) is 27.1 Å². The molecule has 3 unspecified atom stereocenters. The van der Waals surface area contributed by atoms with Crippen molar-refractivity contribution in [1.82, 2.24) is 10.2 Å². The quantitative estimate of drug-likeness (QED) is 0.803. The van der Waals surface area contributed by atoms with Gasteiger partial charge >= 0.3 is 12.3 Å². The van der Waals surface area contributed by atoms with E-state index < -0.39 is 36.0 Å². The Bertz CT molecular complexity index is 740. The van der Waals surface area contributed by atoms with E-state index in [0.29, 0.717) is 18.9 Å². The first-order valence-electron chi connectivity index (χ1n) is 8.39. The van der Waals surface area contributed by atoms with Crippen molar-refractivity contribution < 1.29 is 36.6 Å². The summed E-state index contributed by atoms with van der Waals surface area (Å²) in [4.78, 5) is 24.5. The first-order chi connectivity index (χ1) is 12.6. The molecule has 6 nitrogen and oxygen atoms in total. The van der Waals surface area contributed by atoms with Crippen LogP contribution in [0.15, 0.2) is 18.2 Å². The van der Waals surface area contributed by atoms with E-state index in [1.54, 1.807) is 6.92 Å². The number of alkyl halides is 3. The molecule has 1 N–H and O–H groups in total. The molecule has 1 aromatic carbocycles. The van der Waals surface area contributed by atoms with Gasteiger partial charge in [0.2, 0.25) is 5.91 Å². The summed E-state index contributed by atoms with van der Waals surface area (Å²) in [5.74, 6) is -1.17. The van der Waals surface area contributed by atoms with Gasteiger partial charge in [0.05, 0.1) is 30.9 Å². The molecule has 2 aliphatic rings. The molecule has 2 fully saturated rings. The molecular weight excluding hydrogens is 372 g/mol. The van der Waals surface area contributed by atoms with Crippen LogP contribution >= 0.6 is 0 Å². The number of rotatable bonds is 4. The van der Waals surface area contributed by atoms with Gasteiger partial charge in [-0.25, -0.2) is 9.18 Å². The number of hydrogen-bond acceptors (Lipinski definition) is 4. The molecule has 27 heavy (non-hydrogen) atoms. The van der Waals surface area contributed by atoms with Crippen molar-refractivity contribution in [3.05, 3.63) is 35.1 Å². The summed E-state index contributed by atoms with van der Waals surface area (Å²) in [6.07, 6.45) is -5.51. The maximum atomic E-state index is 13.8. The lowest BCUT2D eigenvalue weighted by Gasteiger charge is -2.45. The van der Waals surface area contributed by atoms with Crippen molar-refractivity contribution in [2.45, 2.75) is 50.9 Å². The Kier molecular flexibility index (Phi) is 5.27. The van der Waals surface area contributed by atoms with Crippen molar-refractivity contribution in [3.63, 3.8) is 0 Å². The highest BCUT2D eigenvalue weighted by atomic mass is 19.4. The fourth-order valence-electron chi connectivity index (χ4n) is 2.91. The molecule has 3 rings (SSSR count). The molecule has 0 aromatic heterocycles. The molecule has 2 aliphatic heterocycles. The van der Waals surface area contributed by atoms with Crippen molar-refractivity contribution >= 4 is 12.0 Å². The van der Waals surface area contributed by atoms with Gasteiger partial charge in [0.25, 0.3) is 0 Å². The van der Waals surface area contributed by atoms with Crippen LogP contribution in [0.5, 0.6) is 0 Å². The Hall–Kier alpha value is -2.36. The fraction of sp³-hybridized carbons (Fsp3) is 0.529. The van der Waals surface area contributed by atoms with Crippen LogP contribution < -0.4 is 5.32 Å². The van der Waals surface area contributed by atoms with E-state index in [1.807, 2.05) is 0 Å². The zero-order chi connectivity index (χ0) is 19.8. The molecule has 0 radical (unpaired) electrons. The van der Waals surface area contributed by atoms with Crippen molar-refractivity contribution in [3.8, 4) is 0 Å². The predicted molar refractivity (Wildman–Crippen MR) is 83.8 cm³/mol. The van der Waals surface area contributed by atoms with Crippen LogP contribution in [0.25, 0.3) is 0 Å². The minimum atomic E-state index is -4.61. The first-order valence-corrected chi connectivity index (χ1v) is 8.39. The molecule has 2 saturated heterocycles. The lowest BCUT2D eigenvalue weighted by atomic mass is 10.0. The molecule has 0 aliphatic carbocycles. The molecule has 10 heteroatoms. The minimum absolute atomic E-state index is 0.00453. The SMILES string of the molecule is CC1C(OCc2ccc(C(F)(F)F)cc2F)CN1C(=O)OC1CCC(=O)N1. The van der Waals surface area contributed by atoms with Crippen molar-refractivity contribution in [1.29, 1.82) is 0 Å². The summed E-state index contributed by atoms with van der Waals surface area (Å²) < 4.78 is 62.1. The van der Waals surface area contributed by atoms with Gasteiger partial charge in [-0.3, -0.25) is 4.79 Å². The van der Waals surface area contributed by atoms with Gasteiger partial charge in [-0.1, -0.05) is 6.07 Å². The predicted octanol–water partition coefficient (Wildman–Crippen LogP) is 2.81. The Labute approximate surface area is 152 Å². The van der Waals surface area contributed by atoms with E-state index in [1.165, 1.54) is 4.90 Å². The number of nitrogens with one attached hydrogen (secondary N) is 1. The van der Waals surface area contributed by atoms with Gasteiger partial charge in [-0.05, 0) is 19.1 Å². The third-order valence-corrected chi connectivity index (χ3v) is 4.67. The number of benzene rings is 1. The average Bonchev–Trinajstić information content (AvgIpc) is 2.98. The van der Waals surface area contributed by atoms with Crippen LogP contribution in [0.4, 0.5) is 22.4 Å². The van der Waals surface area contributed by atoms with Crippen molar-refractivity contribution in [2.24, 2.45) is 0 Å². The summed E-state index contributed by atoms with van der Waals surface area (Å²) in [5, 5.41) is 2.52. The standard InChI is InChI=1S/C17H18F4N2O4/c1-9-13(7-23(9)16(25)27-15-5-4-14(24)22-15)26-8-10-2-3-11(6-12(10)18)17(19,20)21/h2-3,6,9,13,15H,4-5,7-8H2,1H3,(H,22,24). The number of carbonyl (C=O) groups excluding carboxylic acids is 2. The molecule has 2 amide bonds. The molecule has 2 heterocycles. The Morgan fingerprint density at radius 3 is 2.67 bits per heavy atom. The van der Waals surface area contributed by atoms with E-state index in [-0.39, 0.29) is 30.7 Å². The molecule has 3 atom stereocenters. The molecule has 148 valence electrons. The van der Waals surface area contributed by atoms with E-state index in [9.17, 15) is 27.2 Å². The molecule has 0 spiro atoms. The third-order valence-electron chi connectivity index (χ3n) is 4.67. The van der Waals surface area contributed by atoms with Crippen LogP contribution in [0, 0.1) is 5.82 Å². The van der Waals surface area contributed by atoms with E-state index in [2.05, 4.69) is 5.32 Å². The number of nitrogens with zero attached hydrogens (tertiary/aromatic N) is 1. The summed E-state index contributed by atoms with van der Waals surface area (Å²) in [5.41, 5.74) is -1.06. The lowest BCUT2D eigenvalue weighted by Crippen LogP contribution is -2.62. The fourth-order valence-corrected chi connectivity index (χ4v) is 2.91. The second-order valence-corrected chi connectivity index (χ2v) is 6.52. The highest BCUT2D eigenvalue weighted by Crippen LogP contribution is 2.31. The maximum Gasteiger partial charge on any atom is 0.416 e. The second-order valence-electron chi connectivity index (χ2n) is 6.52. The summed E-state index contributed by atoms with van der Waals surface area (Å²) in [7, 11) is 0. The van der Waals surface area contributed by atoms with Crippen LogP contribution in [0.3, 0.4) is 0 Å².